The van der Waals surface area contributed by atoms with Gasteiger partial charge in [0.2, 0.25) is 0 Å². The molecule has 4 rings (SSSR count). The van der Waals surface area contributed by atoms with Crippen LogP contribution in [0.1, 0.15) is 42.6 Å². The Kier molecular flexibility index (Phi) is 10.8. The molecule has 1 atom stereocenters. The zero-order chi connectivity index (χ0) is 33.2. The molecule has 1 unspecified atom stereocenters. The van der Waals surface area contributed by atoms with Gasteiger partial charge in [-0.1, -0.05) is 42.5 Å². The van der Waals surface area contributed by atoms with Crippen LogP contribution in [0.5, 0.6) is 0 Å². The Balaban J connectivity index is 1.56. The monoisotopic (exact) mass is 630 g/mol. The van der Waals surface area contributed by atoms with Gasteiger partial charge in [-0.2, -0.15) is 0 Å². The number of amides is 1. The van der Waals surface area contributed by atoms with Crippen molar-refractivity contribution in [2.24, 2.45) is 0 Å². The summed E-state index contributed by atoms with van der Waals surface area (Å²) in [4.78, 5) is 67.8. The number of carbonyl (C=O) groups is 3. The first-order valence-corrected chi connectivity index (χ1v) is 14.3. The van der Waals surface area contributed by atoms with Crippen LogP contribution in [0.4, 0.5) is 17.2 Å². The van der Waals surface area contributed by atoms with E-state index >= 15 is 0 Å². The Morgan fingerprint density at radius 3 is 2.22 bits per heavy atom. The fraction of sp³-hybridized carbons (Fsp3) is 0.258. The van der Waals surface area contributed by atoms with E-state index < -0.39 is 45.1 Å². The maximum Gasteiger partial charge on any atom is 0.328 e. The topological polar surface area (TPSA) is 206 Å². The number of aromatic nitrogens is 2. The molecule has 1 aromatic heterocycles. The van der Waals surface area contributed by atoms with Crippen LogP contribution in [0.15, 0.2) is 66.7 Å². The Hall–Kier alpha value is -5.99. The van der Waals surface area contributed by atoms with Crippen molar-refractivity contribution in [1.29, 1.82) is 0 Å². The molecule has 0 aliphatic rings. The van der Waals surface area contributed by atoms with E-state index in [0.29, 0.717) is 16.8 Å². The number of nitrogens with zero attached hydrogens (tertiary/aromatic N) is 4. The molecule has 4 aromatic rings. The van der Waals surface area contributed by atoms with Crippen molar-refractivity contribution in [3.63, 3.8) is 0 Å². The molecular formula is C31H30N6O9. The van der Waals surface area contributed by atoms with Crippen LogP contribution in [0.2, 0.25) is 0 Å². The second-order valence-corrected chi connectivity index (χ2v) is 9.81. The molecule has 0 saturated carbocycles. The van der Waals surface area contributed by atoms with Gasteiger partial charge in [-0.15, -0.1) is 0 Å². The summed E-state index contributed by atoms with van der Waals surface area (Å²) in [6, 6.07) is 16.2. The zero-order valence-electron chi connectivity index (χ0n) is 24.9. The van der Waals surface area contributed by atoms with Gasteiger partial charge in [-0.3, -0.25) is 29.8 Å². The molecule has 15 nitrogen and oxygen atoms in total. The van der Waals surface area contributed by atoms with E-state index in [0.717, 1.165) is 12.1 Å². The number of ether oxygens (including phenoxy) is 2. The van der Waals surface area contributed by atoms with Crippen molar-refractivity contribution in [2.75, 3.05) is 18.5 Å². The average Bonchev–Trinajstić information content (AvgIpc) is 3.05. The van der Waals surface area contributed by atoms with Crippen molar-refractivity contribution >= 4 is 46.1 Å². The SMILES string of the molecule is CCOC(=O)CCC(NC(=O)c1ccc(CNc2nc3cc([N+](=O)[O-])cc([N+](=O)[O-])c3nc2-c2ccccc2)cc1)C(=O)OCC. The van der Waals surface area contributed by atoms with Crippen LogP contribution in [0.3, 0.4) is 0 Å². The van der Waals surface area contributed by atoms with Gasteiger partial charge in [-0.05, 0) is 38.0 Å². The number of non-ortho nitro benzene ring substituents is 2. The first-order valence-electron chi connectivity index (χ1n) is 14.3. The van der Waals surface area contributed by atoms with E-state index in [-0.39, 0.29) is 55.0 Å². The molecule has 0 aliphatic carbocycles. The van der Waals surface area contributed by atoms with E-state index in [2.05, 4.69) is 20.6 Å². The van der Waals surface area contributed by atoms with Crippen LogP contribution in [0.25, 0.3) is 22.3 Å². The molecule has 1 amide bonds. The van der Waals surface area contributed by atoms with Gasteiger partial charge in [0.05, 0.1) is 29.1 Å². The van der Waals surface area contributed by atoms with Crippen LogP contribution >= 0.6 is 0 Å². The summed E-state index contributed by atoms with van der Waals surface area (Å²) in [5.74, 6) is -1.47. The number of carbonyl (C=O) groups excluding carboxylic acids is 3. The minimum absolute atomic E-state index is 0.00820. The van der Waals surface area contributed by atoms with Crippen molar-refractivity contribution < 1.29 is 33.7 Å². The lowest BCUT2D eigenvalue weighted by molar-refractivity contribution is -0.393. The number of fused-ring (bicyclic) bond motifs is 1. The third kappa shape index (κ3) is 8.13. The fourth-order valence-electron chi connectivity index (χ4n) is 4.48. The molecule has 46 heavy (non-hydrogen) atoms. The van der Waals surface area contributed by atoms with Gasteiger partial charge < -0.3 is 20.1 Å². The van der Waals surface area contributed by atoms with E-state index in [1.807, 2.05) is 0 Å². The molecule has 2 N–H and O–H groups in total. The highest BCUT2D eigenvalue weighted by Gasteiger charge is 2.25. The standard InChI is InChI=1S/C31H30N6O9/c1-3-45-26(38)15-14-23(31(40)46-4-2)34-30(39)21-12-10-19(11-13-21)18-32-29-27(20-8-6-5-7-9-20)35-28-24(33-29)16-22(36(41)42)17-25(28)37(43)44/h5-13,16-17,23H,3-4,14-15,18H2,1-2H3,(H,32,33)(H,34,39). The third-order valence-electron chi connectivity index (χ3n) is 6.68. The third-order valence-corrected chi connectivity index (χ3v) is 6.68. The van der Waals surface area contributed by atoms with Crippen LogP contribution in [-0.2, 0) is 25.6 Å². The number of benzene rings is 3. The highest BCUT2D eigenvalue weighted by atomic mass is 16.6. The van der Waals surface area contributed by atoms with Crippen LogP contribution in [0, 0.1) is 20.2 Å². The van der Waals surface area contributed by atoms with E-state index in [4.69, 9.17) is 9.47 Å². The summed E-state index contributed by atoms with van der Waals surface area (Å²) in [5.41, 5.74) is 0.711. The van der Waals surface area contributed by atoms with Crippen LogP contribution < -0.4 is 10.6 Å². The van der Waals surface area contributed by atoms with E-state index in [1.165, 1.54) is 0 Å². The van der Waals surface area contributed by atoms with Crippen molar-refractivity contribution in [1.82, 2.24) is 15.3 Å². The summed E-state index contributed by atoms with van der Waals surface area (Å²) < 4.78 is 9.94. The van der Waals surface area contributed by atoms with Gasteiger partial charge in [0.15, 0.2) is 11.3 Å². The van der Waals surface area contributed by atoms with E-state index in [9.17, 15) is 34.6 Å². The number of nitrogens with one attached hydrogen (secondary N) is 2. The first-order chi connectivity index (χ1) is 22.1. The van der Waals surface area contributed by atoms with Gasteiger partial charge in [-0.25, -0.2) is 14.8 Å². The molecule has 15 heteroatoms. The van der Waals surface area contributed by atoms with E-state index in [1.54, 1.807) is 68.4 Å². The largest absolute Gasteiger partial charge is 0.466 e. The number of nitro benzene ring substituents is 2. The minimum atomic E-state index is -1.05. The van der Waals surface area contributed by atoms with Gasteiger partial charge in [0.1, 0.15) is 17.3 Å². The lowest BCUT2D eigenvalue weighted by Crippen LogP contribution is -2.42. The van der Waals surface area contributed by atoms with Crippen molar-refractivity contribution in [3.05, 3.63) is 98.1 Å². The lowest BCUT2D eigenvalue weighted by Gasteiger charge is -2.17. The fourth-order valence-corrected chi connectivity index (χ4v) is 4.48. The first kappa shape index (κ1) is 32.9. The van der Waals surface area contributed by atoms with Gasteiger partial charge in [0.25, 0.3) is 11.6 Å². The van der Waals surface area contributed by atoms with Crippen molar-refractivity contribution in [2.45, 2.75) is 39.3 Å². The van der Waals surface area contributed by atoms with Gasteiger partial charge >= 0.3 is 17.6 Å². The quantitative estimate of drug-likeness (QED) is 0.110. The molecule has 3 aromatic carbocycles. The number of esters is 2. The predicted octanol–water partition coefficient (Wildman–Crippen LogP) is 4.73. The summed E-state index contributed by atoms with van der Waals surface area (Å²) in [6.45, 7) is 3.79. The van der Waals surface area contributed by atoms with Crippen molar-refractivity contribution in [3.8, 4) is 11.3 Å². The molecule has 238 valence electrons. The predicted molar refractivity (Wildman–Crippen MR) is 166 cm³/mol. The second kappa shape index (κ2) is 15.1. The highest BCUT2D eigenvalue weighted by molar-refractivity contribution is 5.97. The molecule has 0 spiro atoms. The average molecular weight is 631 g/mol. The number of rotatable bonds is 14. The molecule has 0 bridgehead atoms. The maximum absolute atomic E-state index is 12.9. The molecule has 1 heterocycles. The highest BCUT2D eigenvalue weighted by Crippen LogP contribution is 2.34. The van der Waals surface area contributed by atoms with Crippen LogP contribution in [-0.4, -0.2) is 56.9 Å². The number of nitro groups is 2. The Morgan fingerprint density at radius 1 is 0.891 bits per heavy atom. The normalized spacial score (nSPS) is 11.3. The summed E-state index contributed by atoms with van der Waals surface area (Å²) in [5, 5.41) is 28.9. The lowest BCUT2D eigenvalue weighted by atomic mass is 10.1. The summed E-state index contributed by atoms with van der Waals surface area (Å²) in [7, 11) is 0. The molecular weight excluding hydrogens is 600 g/mol. The number of anilines is 1. The summed E-state index contributed by atoms with van der Waals surface area (Å²) in [6.07, 6.45) is -0.0696. The smallest absolute Gasteiger partial charge is 0.328 e. The molecule has 0 aliphatic heterocycles. The molecule has 0 saturated heterocycles. The summed E-state index contributed by atoms with van der Waals surface area (Å²) >= 11 is 0. The Labute approximate surface area is 262 Å². The maximum atomic E-state index is 12.9. The number of hydrogen-bond donors (Lipinski definition) is 2. The van der Waals surface area contributed by atoms with Gasteiger partial charge in [0, 0.05) is 30.2 Å². The minimum Gasteiger partial charge on any atom is -0.466 e. The zero-order valence-corrected chi connectivity index (χ0v) is 24.9. The Bertz CT molecular complexity index is 1760. The Morgan fingerprint density at radius 2 is 1.59 bits per heavy atom. The second-order valence-electron chi connectivity index (χ2n) is 9.81. The number of hydrogen-bond acceptors (Lipinski definition) is 12. The molecule has 0 fully saturated rings. The molecule has 0 radical (unpaired) electrons.